The van der Waals surface area contributed by atoms with Crippen molar-refractivity contribution in [2.75, 3.05) is 50.9 Å². The zero-order valence-corrected chi connectivity index (χ0v) is 28.9. The first-order valence-electron chi connectivity index (χ1n) is 18.1. The zero-order chi connectivity index (χ0) is 35.9. The van der Waals surface area contributed by atoms with Crippen molar-refractivity contribution in [3.05, 3.63) is 47.7 Å². The summed E-state index contributed by atoms with van der Waals surface area (Å²) >= 11 is 0. The number of anilines is 1. The molecule has 0 aliphatic carbocycles. The molecular weight excluding hydrogens is 674 g/mol. The number of aromatic hydroxyl groups is 1. The summed E-state index contributed by atoms with van der Waals surface area (Å²) in [6.45, 7) is 2.81. The Balaban J connectivity index is 1.26. The maximum Gasteiger partial charge on any atom is 0.319 e. The molecule has 9 rings (SSSR count). The molecule has 0 saturated carbocycles. The number of benzene rings is 3. The maximum atomic E-state index is 17.6. The lowest BCUT2D eigenvalue weighted by Crippen LogP contribution is -2.54. The van der Waals surface area contributed by atoms with Gasteiger partial charge in [0.15, 0.2) is 5.82 Å². The van der Waals surface area contributed by atoms with Crippen LogP contribution in [0.4, 0.5) is 23.4 Å². The smallest absolute Gasteiger partial charge is 0.319 e. The Morgan fingerprint density at radius 1 is 1.08 bits per heavy atom. The molecular formula is C39H39F4N7O2. The van der Waals surface area contributed by atoms with Crippen LogP contribution < -0.4 is 9.64 Å². The van der Waals surface area contributed by atoms with Crippen molar-refractivity contribution in [2.24, 2.45) is 7.05 Å². The molecule has 52 heavy (non-hydrogen) atoms. The van der Waals surface area contributed by atoms with Crippen LogP contribution in [-0.2, 0) is 7.05 Å². The second kappa shape index (κ2) is 12.5. The number of phenols is 1. The molecule has 4 saturated heterocycles. The number of nitrogens with zero attached hydrogens (tertiary/aromatic N) is 7. The third-order valence-electron chi connectivity index (χ3n) is 11.8. The van der Waals surface area contributed by atoms with E-state index >= 15 is 8.78 Å². The molecule has 4 fully saturated rings. The normalized spacial score (nSPS) is 24.8. The molecule has 13 heteroatoms. The molecule has 1 N–H and O–H groups in total. The SMILES string of the molecule is C#Cc1c(F)ccc2cc(O)cc(-c3c(F)c4nc(OC[C@@]56CCCN5C[C@H](F)C6)nc(N5C[C@H]6CC[C@@H](C5)N6CCCF)c4c4cn(C)nc34)c12. The molecule has 4 aliphatic heterocycles. The molecule has 2 aromatic heterocycles. The summed E-state index contributed by atoms with van der Waals surface area (Å²) in [6, 6.07) is 5.87. The number of rotatable bonds is 8. The van der Waals surface area contributed by atoms with Gasteiger partial charge in [0.25, 0.3) is 0 Å². The third-order valence-corrected chi connectivity index (χ3v) is 11.8. The summed E-state index contributed by atoms with van der Waals surface area (Å²) in [7, 11) is 1.73. The molecule has 6 heterocycles. The summed E-state index contributed by atoms with van der Waals surface area (Å²) in [5.41, 5.74) is -0.106. The standard InChI is InChI=1S/C39H39F4N7O2/c1-3-27-30(42)9-6-22-14-26(51)15-28(31(22)27)32-34(43)36-33(29-20-47(2)46-35(29)32)37(48-18-24-7-8-25(19-48)50(24)13-5-11-40)45-38(44-36)52-21-39-10-4-12-49(39)17-23(41)16-39/h1,6,9,14-15,20,23-25,51H,4-5,7-8,10-13,16-19,21H2,2H3/t23-,24-,25+,39+/m1/s1. The number of fused-ring (bicyclic) bond motifs is 7. The van der Waals surface area contributed by atoms with E-state index in [1.807, 2.05) is 0 Å². The van der Waals surface area contributed by atoms with E-state index in [4.69, 9.17) is 26.2 Å². The Morgan fingerprint density at radius 3 is 2.65 bits per heavy atom. The first-order valence-corrected chi connectivity index (χ1v) is 18.1. The number of halogens is 4. The van der Waals surface area contributed by atoms with Gasteiger partial charge in [0.1, 0.15) is 41.2 Å². The van der Waals surface area contributed by atoms with E-state index in [1.54, 1.807) is 17.9 Å². The molecule has 5 aromatic rings. The van der Waals surface area contributed by atoms with Gasteiger partial charge in [-0.05, 0) is 67.8 Å². The molecule has 4 atom stereocenters. The largest absolute Gasteiger partial charge is 0.508 e. The van der Waals surface area contributed by atoms with Crippen LogP contribution >= 0.6 is 0 Å². The summed E-state index contributed by atoms with van der Waals surface area (Å²) < 4.78 is 68.7. The molecule has 4 aliphatic rings. The number of hydrogen-bond donors (Lipinski definition) is 1. The average molecular weight is 714 g/mol. The first-order chi connectivity index (χ1) is 25.2. The van der Waals surface area contributed by atoms with Crippen LogP contribution in [0.2, 0.25) is 0 Å². The number of ether oxygens (including phenoxy) is 1. The summed E-state index contributed by atoms with van der Waals surface area (Å²) in [5.74, 6) is 1.37. The lowest BCUT2D eigenvalue weighted by molar-refractivity contribution is 0.107. The molecule has 2 bridgehead atoms. The van der Waals surface area contributed by atoms with Crippen molar-refractivity contribution in [3.8, 4) is 35.2 Å². The minimum absolute atomic E-state index is 0.00874. The summed E-state index contributed by atoms with van der Waals surface area (Å²) in [6.07, 6.45) is 11.1. The third kappa shape index (κ3) is 5.16. The van der Waals surface area contributed by atoms with Crippen LogP contribution in [0.1, 0.15) is 44.1 Å². The van der Waals surface area contributed by atoms with Gasteiger partial charge in [0.2, 0.25) is 0 Å². The molecule has 3 aromatic carbocycles. The van der Waals surface area contributed by atoms with Crippen molar-refractivity contribution < 1.29 is 27.4 Å². The predicted molar refractivity (Wildman–Crippen MR) is 191 cm³/mol. The average Bonchev–Trinajstić information content (AvgIpc) is 3.84. The fourth-order valence-electron chi connectivity index (χ4n) is 9.63. The van der Waals surface area contributed by atoms with Gasteiger partial charge in [-0.15, -0.1) is 6.42 Å². The number of aromatic nitrogens is 4. The molecule has 0 amide bonds. The second-order valence-corrected chi connectivity index (χ2v) is 14.9. The van der Waals surface area contributed by atoms with Gasteiger partial charge >= 0.3 is 6.01 Å². The van der Waals surface area contributed by atoms with Crippen LogP contribution in [0.3, 0.4) is 0 Å². The zero-order valence-electron chi connectivity index (χ0n) is 28.9. The van der Waals surface area contributed by atoms with Crippen LogP contribution in [0.15, 0.2) is 30.5 Å². The highest BCUT2D eigenvalue weighted by Gasteiger charge is 2.49. The lowest BCUT2D eigenvalue weighted by Gasteiger charge is -2.42. The quantitative estimate of drug-likeness (QED) is 0.149. The lowest BCUT2D eigenvalue weighted by atomic mass is 9.91. The molecule has 0 spiro atoms. The van der Waals surface area contributed by atoms with Gasteiger partial charge in [-0.3, -0.25) is 18.9 Å². The Kier molecular flexibility index (Phi) is 7.97. The van der Waals surface area contributed by atoms with E-state index in [-0.39, 0.29) is 70.2 Å². The number of aryl methyl sites for hydroxylation is 1. The highest BCUT2D eigenvalue weighted by Crippen LogP contribution is 2.46. The van der Waals surface area contributed by atoms with Crippen molar-refractivity contribution in [2.45, 2.75) is 62.3 Å². The number of alkyl halides is 2. The molecule has 0 unspecified atom stereocenters. The fourth-order valence-corrected chi connectivity index (χ4v) is 9.63. The number of terminal acetylenes is 1. The first kappa shape index (κ1) is 33.2. The number of piperazine rings is 1. The summed E-state index contributed by atoms with van der Waals surface area (Å²) in [4.78, 5) is 16.4. The van der Waals surface area contributed by atoms with Gasteiger partial charge in [-0.2, -0.15) is 15.1 Å². The van der Waals surface area contributed by atoms with Crippen LogP contribution in [-0.4, -0.2) is 104 Å². The van der Waals surface area contributed by atoms with Gasteiger partial charge in [0.05, 0.1) is 23.2 Å². The van der Waals surface area contributed by atoms with E-state index < -0.39 is 23.3 Å². The van der Waals surface area contributed by atoms with Gasteiger partial charge < -0.3 is 14.7 Å². The van der Waals surface area contributed by atoms with E-state index in [9.17, 15) is 13.9 Å². The minimum Gasteiger partial charge on any atom is -0.508 e. The number of phenolic OH excluding ortho intramolecular Hbond substituents is 1. The second-order valence-electron chi connectivity index (χ2n) is 14.9. The predicted octanol–water partition coefficient (Wildman–Crippen LogP) is 6.27. The Labute approximate surface area is 298 Å². The Bertz CT molecular complexity index is 2280. The van der Waals surface area contributed by atoms with E-state index in [1.165, 1.54) is 24.3 Å². The van der Waals surface area contributed by atoms with Gasteiger partial charge in [-0.1, -0.05) is 12.0 Å². The summed E-state index contributed by atoms with van der Waals surface area (Å²) in [5, 5.41) is 17.3. The van der Waals surface area contributed by atoms with Gasteiger partial charge in [0, 0.05) is 74.3 Å². The molecule has 270 valence electrons. The van der Waals surface area contributed by atoms with Crippen LogP contribution in [0.5, 0.6) is 11.8 Å². The van der Waals surface area contributed by atoms with Gasteiger partial charge in [-0.25, -0.2) is 13.2 Å². The number of hydrogen-bond acceptors (Lipinski definition) is 8. The highest BCUT2D eigenvalue weighted by molar-refractivity contribution is 6.18. The van der Waals surface area contributed by atoms with E-state index in [0.29, 0.717) is 61.0 Å². The van der Waals surface area contributed by atoms with Crippen LogP contribution in [0.25, 0.3) is 43.7 Å². The van der Waals surface area contributed by atoms with Crippen molar-refractivity contribution in [1.29, 1.82) is 0 Å². The van der Waals surface area contributed by atoms with Crippen molar-refractivity contribution in [3.63, 3.8) is 0 Å². The van der Waals surface area contributed by atoms with Crippen molar-refractivity contribution >= 4 is 38.4 Å². The van der Waals surface area contributed by atoms with Crippen molar-refractivity contribution in [1.82, 2.24) is 29.5 Å². The maximum absolute atomic E-state index is 17.6. The highest BCUT2D eigenvalue weighted by atomic mass is 19.1. The minimum atomic E-state index is -0.949. The van der Waals surface area contributed by atoms with E-state index in [0.717, 1.165) is 32.2 Å². The van der Waals surface area contributed by atoms with E-state index in [2.05, 4.69) is 20.6 Å². The topological polar surface area (TPSA) is 82.8 Å². The molecule has 0 radical (unpaired) electrons. The molecule has 9 nitrogen and oxygen atoms in total. The Hall–Kier alpha value is -4.67. The monoisotopic (exact) mass is 713 g/mol. The Morgan fingerprint density at radius 2 is 1.88 bits per heavy atom. The fraction of sp³-hybridized carbons (Fsp3) is 0.462. The van der Waals surface area contributed by atoms with Crippen LogP contribution in [0, 0.1) is 24.0 Å².